The third-order valence-electron chi connectivity index (χ3n) is 30.1. The second-order valence-electron chi connectivity index (χ2n) is 41.9. The van der Waals surface area contributed by atoms with Crippen LogP contribution in [0.2, 0.25) is 10.0 Å². The van der Waals surface area contributed by atoms with E-state index in [1.165, 1.54) is 38.7 Å². The van der Waals surface area contributed by atoms with Gasteiger partial charge in [-0.15, -0.1) is 34.9 Å². The van der Waals surface area contributed by atoms with Crippen LogP contribution in [0.15, 0.2) is 255 Å². The summed E-state index contributed by atoms with van der Waals surface area (Å²) in [6.45, 7) is 30.8. The third-order valence-corrected chi connectivity index (χ3v) is 36.7. The fourth-order valence-electron chi connectivity index (χ4n) is 21.1. The number of thioether (sulfide) groups is 2. The molecule has 4 N–H and O–H groups in total. The number of allylic oxidation sites excluding steroid dienone is 1. The number of morpholine rings is 2. The minimum Gasteiger partial charge on any atom is -0.391 e. The topological polar surface area (TPSA) is 284 Å². The van der Waals surface area contributed by atoms with E-state index >= 15 is 0 Å². The predicted molar refractivity (Wildman–Crippen MR) is 603 cm³/mol. The summed E-state index contributed by atoms with van der Waals surface area (Å²) in [4.78, 5) is 109. The summed E-state index contributed by atoms with van der Waals surface area (Å²) in [7, 11) is -8.25. The lowest BCUT2D eigenvalue weighted by molar-refractivity contribution is -0.144. The number of aliphatic hydroxyl groups excluding tert-OH is 1. The van der Waals surface area contributed by atoms with Gasteiger partial charge in [-0.2, -0.15) is 0 Å². The van der Waals surface area contributed by atoms with Crippen molar-refractivity contribution in [1.29, 1.82) is 0 Å². The molecule has 17 rings (SSSR count). The van der Waals surface area contributed by atoms with Crippen molar-refractivity contribution in [1.82, 2.24) is 49.1 Å². The number of sulfonamides is 2. The number of benzene rings is 9. The minimum atomic E-state index is -4.18. The van der Waals surface area contributed by atoms with E-state index in [0.29, 0.717) is 74.7 Å². The summed E-state index contributed by atoms with van der Waals surface area (Å²) in [5.41, 5.74) is 17.9. The lowest BCUT2D eigenvalue weighted by Crippen LogP contribution is -2.57. The number of nitrogens with one attached hydrogen (secondary N) is 3. The lowest BCUT2D eigenvalue weighted by Gasteiger charge is -2.39. The zero-order valence-electron chi connectivity index (χ0n) is 87.2. The third kappa shape index (κ3) is 31.0. The van der Waals surface area contributed by atoms with Crippen molar-refractivity contribution in [3.8, 4) is 10.4 Å². The van der Waals surface area contributed by atoms with Gasteiger partial charge in [0.25, 0.3) is 31.9 Å². The Morgan fingerprint density at radius 1 is 0.527 bits per heavy atom. The highest BCUT2D eigenvalue weighted by Crippen LogP contribution is 2.39. The number of ether oxygens (including phenoxy) is 2. The van der Waals surface area contributed by atoms with Gasteiger partial charge in [-0.25, -0.2) is 31.3 Å². The first-order valence-corrected chi connectivity index (χ1v) is 59.3. The highest BCUT2D eigenvalue weighted by Gasteiger charge is 2.45. The van der Waals surface area contributed by atoms with Crippen LogP contribution in [0.3, 0.4) is 0 Å². The monoisotopic (exact) mass is 2160 g/mol. The summed E-state index contributed by atoms with van der Waals surface area (Å²) >= 11 is 17.8. The molecule has 7 aliphatic rings. The van der Waals surface area contributed by atoms with Crippen LogP contribution in [0.1, 0.15) is 163 Å². The van der Waals surface area contributed by atoms with Crippen molar-refractivity contribution in [3.63, 3.8) is 0 Å². The molecule has 0 bridgehead atoms. The first-order chi connectivity index (χ1) is 72.2. The highest BCUT2D eigenvalue weighted by atomic mass is 35.5. The number of rotatable bonds is 39. The SMILES string of the molecule is Cc1cc(S(=O)(=O)NC(=O)c2ccc(N3CCN(CC4=C(c5ccc(Cl)cc5)CCCC4)CC3)cc2)ccc1C[C@H](CCN1CCOCC1)CSc1ccccc1.Cc1cc(S(=O)(=O)NC(=O)c2ccc(N3CCN(CC4=C(c5ccc(Cl)cc5)CCN(C(=O)CC(=O)N[C@H](C(=O)N5C[C@H](O)C[C@H]5C(=O)C[C@@H](C)c5ccc(-c6scnc6C)cc5)C(C)(C)C)C4)CC3)cc2)ccc1C[C@H](CCN1CCOCC1)CSc1ccccc1. The van der Waals surface area contributed by atoms with Crippen molar-refractivity contribution in [2.75, 3.05) is 172 Å². The molecule has 0 unspecified atom stereocenters. The Balaban J connectivity index is 0.000000239. The van der Waals surface area contributed by atoms with Crippen molar-refractivity contribution in [3.05, 3.63) is 301 Å². The Morgan fingerprint density at radius 3 is 1.45 bits per heavy atom. The summed E-state index contributed by atoms with van der Waals surface area (Å²) < 4.78 is 70.1. The molecule has 1 aromatic heterocycles. The smallest absolute Gasteiger partial charge is 0.264 e. The molecule has 150 heavy (non-hydrogen) atoms. The fourth-order valence-corrected chi connectivity index (χ4v) is 26.4. The molecule has 5 fully saturated rings. The number of piperazine rings is 2. The van der Waals surface area contributed by atoms with Gasteiger partial charge in [0, 0.05) is 178 Å². The van der Waals surface area contributed by atoms with Crippen LogP contribution in [-0.2, 0) is 61.5 Å². The van der Waals surface area contributed by atoms with Gasteiger partial charge in [-0.1, -0.05) is 154 Å². The number of anilines is 2. The van der Waals surface area contributed by atoms with Gasteiger partial charge in [-0.3, -0.25) is 48.4 Å². The fraction of sp³-hybridized carbons (Fsp3) is 0.432. The number of nitrogens with zero attached hydrogens (tertiary/aromatic N) is 9. The first kappa shape index (κ1) is 112. The quantitative estimate of drug-likeness (QED) is 0.0206. The zero-order valence-corrected chi connectivity index (χ0v) is 92.8. The molecule has 0 saturated carbocycles. The van der Waals surface area contributed by atoms with Crippen molar-refractivity contribution in [2.45, 2.75) is 169 Å². The molecule has 6 atom stereocenters. The standard InChI is InChI=1S/C72H87ClN8O9S3.C46H55ClN4O4S2/c1-48-38-62(25-20-56(48)40-51(26-28-77-34-36-90-37-35-77)46-91-61-10-8-7-9-11-61)93(88,89)76-70(86)55-18-23-59(24-19-55)79-32-30-78(31-33-79)43-57-44-80(29-27-63(57)53-16-21-58(73)22-17-53)67(85)42-66(84)75-69(72(4,5)6)71(87)81-45-60(82)41-64(81)65(83)39-49(2)52-12-14-54(15-13-52)68-50(3)74-47-92-68;1-35-31-44(20-15-39(35)32-36(21-22-49-27-29-55-30-28-49)34-56-43-8-3-2-4-9-43)57(53,54)48-46(52)38-13-18-42(19-14-38)51-25-23-50(24-26-51)33-40-7-5-6-10-45(40)37-11-16-41(47)17-12-37/h7-25,38,47,49,51,60,64,69,82H,26-37,39-46H2,1-6H3,(H,75,84)(H,76,86);2-4,8-9,11-20,31,36H,5-7,10,21-30,32-34H2,1H3,(H,48,52)/t49-,51+,60-,64+,69-;36-/m10/s1. The lowest BCUT2D eigenvalue weighted by atomic mass is 9.85. The number of ketones is 1. The van der Waals surface area contributed by atoms with Gasteiger partial charge < -0.3 is 39.5 Å². The van der Waals surface area contributed by atoms with Crippen LogP contribution in [0.5, 0.6) is 0 Å². The molecule has 5 amide bonds. The number of amides is 5. The number of β-amino-alcohol motifs (C(OH)–C–C–N with tert-alkyl or cyclic N) is 1. The van der Waals surface area contributed by atoms with Crippen molar-refractivity contribution < 1.29 is 60.2 Å². The average molecular weight is 2170 g/mol. The first-order valence-electron chi connectivity index (χ1n) is 52.7. The maximum atomic E-state index is 14.6. The summed E-state index contributed by atoms with van der Waals surface area (Å²) in [6, 6.07) is 67.6. The highest BCUT2D eigenvalue weighted by molar-refractivity contribution is 7.99. The Morgan fingerprint density at radius 2 is 0.987 bits per heavy atom. The van der Waals surface area contributed by atoms with Gasteiger partial charge in [0.15, 0.2) is 5.78 Å². The minimum absolute atomic E-state index is 0.0366. The maximum Gasteiger partial charge on any atom is 0.264 e. The molecule has 9 aromatic carbocycles. The molecule has 7 heterocycles. The van der Waals surface area contributed by atoms with Crippen LogP contribution in [0.4, 0.5) is 11.4 Å². The maximum absolute atomic E-state index is 14.6. The van der Waals surface area contributed by atoms with E-state index < -0.39 is 73.7 Å². The molecule has 32 heteroatoms. The summed E-state index contributed by atoms with van der Waals surface area (Å²) in [5.74, 6) is -0.432. The summed E-state index contributed by atoms with van der Waals surface area (Å²) in [6.07, 6.45) is 7.87. The Hall–Kier alpha value is -10.4. The van der Waals surface area contributed by atoms with E-state index in [1.54, 1.807) is 70.3 Å². The molecule has 796 valence electrons. The molecule has 5 saturated heterocycles. The van der Waals surface area contributed by atoms with Crippen LogP contribution >= 0.6 is 58.1 Å². The molecule has 1 aliphatic carbocycles. The van der Waals surface area contributed by atoms with Gasteiger partial charge in [0.05, 0.1) is 64.4 Å². The number of aryl methyl sites for hydroxylation is 3. The van der Waals surface area contributed by atoms with Crippen LogP contribution in [0.25, 0.3) is 21.6 Å². The van der Waals surface area contributed by atoms with E-state index in [4.69, 9.17) is 32.7 Å². The zero-order chi connectivity index (χ0) is 106. The van der Waals surface area contributed by atoms with E-state index in [2.05, 4.69) is 110 Å². The van der Waals surface area contributed by atoms with Gasteiger partial charge in [0.2, 0.25) is 17.7 Å². The molecule has 0 spiro atoms. The second kappa shape index (κ2) is 53.0. The van der Waals surface area contributed by atoms with E-state index in [1.807, 2.05) is 187 Å². The number of likely N-dealkylation sites (tertiary alicyclic amines) is 1. The number of carbonyl (C=O) groups excluding carboxylic acids is 6. The molecular weight excluding hydrogens is 2020 g/mol. The molecule has 10 aromatic rings. The number of thiazole rings is 1. The van der Waals surface area contributed by atoms with Crippen LogP contribution in [-0.4, -0.2) is 272 Å². The number of carbonyl (C=O) groups is 6. The largest absolute Gasteiger partial charge is 0.391 e. The molecule has 6 aliphatic heterocycles. The van der Waals surface area contributed by atoms with Crippen LogP contribution in [0, 0.1) is 38.0 Å². The van der Waals surface area contributed by atoms with Gasteiger partial charge in [-0.05, 0) is 297 Å². The Kier molecular flexibility index (Phi) is 39.6. The molecule has 25 nitrogen and oxygen atoms in total. The number of hydrogen-bond acceptors (Lipinski definition) is 23. The van der Waals surface area contributed by atoms with Crippen molar-refractivity contribution in [2.24, 2.45) is 17.3 Å². The van der Waals surface area contributed by atoms with Crippen molar-refractivity contribution >= 4 is 136 Å². The normalized spacial score (nSPS) is 18.3. The number of aromatic nitrogens is 1. The number of hydrogen-bond donors (Lipinski definition) is 4. The molecule has 0 radical (unpaired) electrons. The van der Waals surface area contributed by atoms with E-state index in [0.717, 1.165) is 226 Å². The number of halogens is 2. The van der Waals surface area contributed by atoms with E-state index in [9.17, 15) is 50.7 Å². The van der Waals surface area contributed by atoms with Gasteiger partial charge in [0.1, 0.15) is 12.5 Å². The van der Waals surface area contributed by atoms with Crippen LogP contribution < -0.4 is 24.6 Å². The number of aliphatic hydroxyl groups is 1. The Bertz CT molecular complexity index is 6580. The van der Waals surface area contributed by atoms with E-state index in [-0.39, 0.29) is 52.3 Å². The number of Topliss-reactive ketones (excluding diaryl/α,β-unsaturated/α-hetero) is 1. The predicted octanol–water partition coefficient (Wildman–Crippen LogP) is 18.9. The Labute approximate surface area is 908 Å². The summed E-state index contributed by atoms with van der Waals surface area (Å²) in [5, 5.41) is 15.2. The van der Waals surface area contributed by atoms with Gasteiger partial charge >= 0.3 is 0 Å². The second-order valence-corrected chi connectivity index (χ2v) is 49.2. The average Bonchev–Trinajstić information content (AvgIpc) is 1.57. The molecular formula is C118H142Cl2N12O13S5.